The second-order valence-corrected chi connectivity index (χ2v) is 4.54. The van der Waals surface area contributed by atoms with Crippen LogP contribution in [0.2, 0.25) is 0 Å². The molecule has 1 N–H and O–H groups in total. The maximum atomic E-state index is 10.8. The van der Waals surface area contributed by atoms with Crippen LogP contribution in [0.4, 0.5) is 0 Å². The zero-order valence-corrected chi connectivity index (χ0v) is 9.78. The molecule has 0 bridgehead atoms. The van der Waals surface area contributed by atoms with Crippen molar-refractivity contribution in [3.63, 3.8) is 0 Å². The second kappa shape index (κ2) is 5.54. The highest BCUT2D eigenvalue weighted by Gasteiger charge is 2.12. The van der Waals surface area contributed by atoms with Crippen LogP contribution >= 0.6 is 0 Å². The van der Waals surface area contributed by atoms with Crippen LogP contribution in [0.25, 0.3) is 0 Å². The molecule has 0 saturated heterocycles. The lowest BCUT2D eigenvalue weighted by Crippen LogP contribution is -1.95. The maximum Gasteiger partial charge on any atom is 0.335 e. The van der Waals surface area contributed by atoms with E-state index in [1.54, 1.807) is 18.2 Å². The predicted molar refractivity (Wildman–Crippen MR) is 66.9 cm³/mol. The fourth-order valence-electron chi connectivity index (χ4n) is 2.24. The van der Waals surface area contributed by atoms with Crippen molar-refractivity contribution in [3.05, 3.63) is 35.4 Å². The Bertz CT molecular complexity index is 459. The molecule has 2 heteroatoms. The minimum atomic E-state index is -0.899. The number of carbonyl (C=O) groups is 1. The van der Waals surface area contributed by atoms with Crippen molar-refractivity contribution in [3.8, 4) is 11.8 Å². The standard InChI is InChI=1S/C15H16O2/c16-15(17)14-10-4-9-13(11-14)8-3-7-12-5-1-2-6-12/h4,9-12H,1-2,5-7H2,(H,16,17). The Morgan fingerprint density at radius 3 is 2.82 bits per heavy atom. The van der Waals surface area contributed by atoms with Crippen LogP contribution < -0.4 is 0 Å². The Morgan fingerprint density at radius 1 is 1.35 bits per heavy atom. The zero-order chi connectivity index (χ0) is 12.1. The maximum absolute atomic E-state index is 10.8. The van der Waals surface area contributed by atoms with E-state index in [9.17, 15) is 4.79 Å². The van der Waals surface area contributed by atoms with Crippen LogP contribution in [0.5, 0.6) is 0 Å². The first-order valence-corrected chi connectivity index (χ1v) is 6.08. The number of hydrogen-bond acceptors (Lipinski definition) is 1. The Labute approximate surface area is 102 Å². The average molecular weight is 228 g/mol. The van der Waals surface area contributed by atoms with Gasteiger partial charge in [0.2, 0.25) is 0 Å². The van der Waals surface area contributed by atoms with Crippen molar-refractivity contribution in [2.75, 3.05) is 0 Å². The molecule has 0 radical (unpaired) electrons. The molecule has 1 aromatic rings. The molecule has 17 heavy (non-hydrogen) atoms. The molecule has 1 saturated carbocycles. The molecular weight excluding hydrogens is 212 g/mol. The lowest BCUT2D eigenvalue weighted by atomic mass is 10.0. The Hall–Kier alpha value is -1.75. The summed E-state index contributed by atoms with van der Waals surface area (Å²) < 4.78 is 0. The lowest BCUT2D eigenvalue weighted by Gasteiger charge is -2.00. The van der Waals surface area contributed by atoms with Crippen LogP contribution in [0.15, 0.2) is 24.3 Å². The first kappa shape index (κ1) is 11.7. The molecule has 1 fully saturated rings. The van der Waals surface area contributed by atoms with Crippen molar-refractivity contribution >= 4 is 5.97 Å². The van der Waals surface area contributed by atoms with Gasteiger partial charge in [0.15, 0.2) is 0 Å². The third-order valence-electron chi connectivity index (χ3n) is 3.21. The lowest BCUT2D eigenvalue weighted by molar-refractivity contribution is 0.0697. The summed E-state index contributed by atoms with van der Waals surface area (Å²) in [6.07, 6.45) is 6.20. The minimum Gasteiger partial charge on any atom is -0.478 e. The molecule has 0 amide bonds. The van der Waals surface area contributed by atoms with E-state index >= 15 is 0 Å². The first-order valence-electron chi connectivity index (χ1n) is 6.08. The monoisotopic (exact) mass is 228 g/mol. The first-order chi connectivity index (χ1) is 8.25. The van der Waals surface area contributed by atoms with Crippen molar-refractivity contribution < 1.29 is 9.90 Å². The number of aromatic carboxylic acids is 1. The van der Waals surface area contributed by atoms with Gasteiger partial charge >= 0.3 is 5.97 Å². The molecule has 1 aromatic carbocycles. The molecule has 0 spiro atoms. The molecular formula is C15H16O2. The SMILES string of the molecule is O=C(O)c1cccc(C#CCC2CCCC2)c1. The van der Waals surface area contributed by atoms with Gasteiger partial charge in [0.25, 0.3) is 0 Å². The smallest absolute Gasteiger partial charge is 0.335 e. The van der Waals surface area contributed by atoms with Gasteiger partial charge in [-0.05, 0) is 37.0 Å². The molecule has 2 rings (SSSR count). The van der Waals surface area contributed by atoms with Crippen molar-refractivity contribution in [2.45, 2.75) is 32.1 Å². The molecule has 1 aliphatic rings. The number of benzene rings is 1. The van der Waals surface area contributed by atoms with E-state index in [0.717, 1.165) is 17.9 Å². The van der Waals surface area contributed by atoms with Gasteiger partial charge in [-0.3, -0.25) is 0 Å². The fraction of sp³-hybridized carbons (Fsp3) is 0.400. The summed E-state index contributed by atoms with van der Waals surface area (Å²) in [5.74, 6) is 6.08. The van der Waals surface area contributed by atoms with Gasteiger partial charge in [-0.2, -0.15) is 0 Å². The number of hydrogen-bond donors (Lipinski definition) is 1. The van der Waals surface area contributed by atoms with Crippen molar-refractivity contribution in [1.82, 2.24) is 0 Å². The second-order valence-electron chi connectivity index (χ2n) is 4.54. The largest absolute Gasteiger partial charge is 0.478 e. The molecule has 2 nitrogen and oxygen atoms in total. The normalized spacial score (nSPS) is 15.3. The minimum absolute atomic E-state index is 0.303. The number of rotatable bonds is 2. The Kier molecular flexibility index (Phi) is 3.82. The highest BCUT2D eigenvalue weighted by atomic mass is 16.4. The van der Waals surface area contributed by atoms with E-state index in [4.69, 9.17) is 5.11 Å². The van der Waals surface area contributed by atoms with Crippen LogP contribution in [0.3, 0.4) is 0 Å². The van der Waals surface area contributed by atoms with Crippen molar-refractivity contribution in [2.24, 2.45) is 5.92 Å². The van der Waals surface area contributed by atoms with Gasteiger partial charge in [0.05, 0.1) is 5.56 Å². The van der Waals surface area contributed by atoms with E-state index in [2.05, 4.69) is 11.8 Å². The fourth-order valence-corrected chi connectivity index (χ4v) is 2.24. The molecule has 0 atom stereocenters. The quantitative estimate of drug-likeness (QED) is 0.788. The highest BCUT2D eigenvalue weighted by Crippen LogP contribution is 2.26. The molecule has 0 aromatic heterocycles. The molecule has 0 unspecified atom stereocenters. The van der Waals surface area contributed by atoms with Crippen LogP contribution in [0.1, 0.15) is 48.0 Å². The Balaban J connectivity index is 2.00. The zero-order valence-electron chi connectivity index (χ0n) is 9.78. The summed E-state index contributed by atoms with van der Waals surface area (Å²) in [5, 5.41) is 8.86. The summed E-state index contributed by atoms with van der Waals surface area (Å²) in [5.41, 5.74) is 1.10. The Morgan fingerprint density at radius 2 is 2.12 bits per heavy atom. The summed E-state index contributed by atoms with van der Waals surface area (Å²) in [6.45, 7) is 0. The summed E-state index contributed by atoms with van der Waals surface area (Å²) in [7, 11) is 0. The average Bonchev–Trinajstić information content (AvgIpc) is 2.82. The molecule has 0 heterocycles. The third-order valence-corrected chi connectivity index (χ3v) is 3.21. The highest BCUT2D eigenvalue weighted by molar-refractivity contribution is 5.87. The topological polar surface area (TPSA) is 37.3 Å². The number of carboxylic acid groups (broad SMARTS) is 1. The molecule has 0 aliphatic heterocycles. The van der Waals surface area contributed by atoms with Crippen LogP contribution in [0, 0.1) is 17.8 Å². The van der Waals surface area contributed by atoms with Crippen LogP contribution in [-0.2, 0) is 0 Å². The third kappa shape index (κ3) is 3.35. The van der Waals surface area contributed by atoms with Crippen LogP contribution in [-0.4, -0.2) is 11.1 Å². The molecule has 88 valence electrons. The van der Waals surface area contributed by atoms with Gasteiger partial charge < -0.3 is 5.11 Å². The number of carboxylic acids is 1. The van der Waals surface area contributed by atoms with E-state index in [1.165, 1.54) is 25.7 Å². The van der Waals surface area contributed by atoms with E-state index < -0.39 is 5.97 Å². The predicted octanol–water partition coefficient (Wildman–Crippen LogP) is 3.32. The summed E-state index contributed by atoms with van der Waals surface area (Å²) >= 11 is 0. The molecule has 1 aliphatic carbocycles. The van der Waals surface area contributed by atoms with E-state index in [0.29, 0.717) is 5.56 Å². The van der Waals surface area contributed by atoms with Gasteiger partial charge in [-0.1, -0.05) is 30.7 Å². The summed E-state index contributed by atoms with van der Waals surface area (Å²) in [4.78, 5) is 10.8. The van der Waals surface area contributed by atoms with Crippen molar-refractivity contribution in [1.29, 1.82) is 0 Å². The van der Waals surface area contributed by atoms with E-state index in [-0.39, 0.29) is 0 Å². The van der Waals surface area contributed by atoms with Gasteiger partial charge in [-0.15, -0.1) is 0 Å². The van der Waals surface area contributed by atoms with E-state index in [1.807, 2.05) is 6.07 Å². The summed E-state index contributed by atoms with van der Waals surface area (Å²) in [6, 6.07) is 6.81. The van der Waals surface area contributed by atoms with Gasteiger partial charge in [-0.25, -0.2) is 4.79 Å². The van der Waals surface area contributed by atoms with Gasteiger partial charge in [0.1, 0.15) is 0 Å². The van der Waals surface area contributed by atoms with Gasteiger partial charge in [0, 0.05) is 12.0 Å².